The third-order valence-electron chi connectivity index (χ3n) is 4.72. The molecule has 1 unspecified atom stereocenters. The van der Waals surface area contributed by atoms with Gasteiger partial charge >= 0.3 is 0 Å². The molecule has 0 bridgehead atoms. The molecule has 0 saturated heterocycles. The summed E-state index contributed by atoms with van der Waals surface area (Å²) in [7, 11) is 0. The average molecular weight is 372 g/mol. The molecule has 1 heterocycles. The fraction of sp³-hybridized carbons (Fsp3) is 0.955. The monoisotopic (exact) mass is 371 g/mol. The molecular weight excluding hydrogens is 326 g/mol. The van der Waals surface area contributed by atoms with Crippen molar-refractivity contribution in [3.8, 4) is 0 Å². The van der Waals surface area contributed by atoms with E-state index in [9.17, 15) is 0 Å². The number of nitrogens with zero attached hydrogens (tertiary/aromatic N) is 1. The van der Waals surface area contributed by atoms with E-state index in [0.29, 0.717) is 19.1 Å². The van der Waals surface area contributed by atoms with E-state index in [-0.39, 0.29) is 17.2 Å². The van der Waals surface area contributed by atoms with Crippen molar-refractivity contribution in [1.82, 2.24) is 0 Å². The molecule has 1 aliphatic heterocycles. The molecule has 0 fully saturated rings. The lowest BCUT2D eigenvalue weighted by Gasteiger charge is -2.31. The lowest BCUT2D eigenvalue weighted by atomic mass is 9.98. The zero-order chi connectivity index (χ0) is 20.2. The molecule has 1 aliphatic rings. The Hall–Kier alpha value is -0.610. The Bertz CT molecular complexity index is 389. The van der Waals surface area contributed by atoms with E-state index >= 15 is 0 Å². The minimum absolute atomic E-state index is 0.204. The first kappa shape index (κ1) is 25.4. The van der Waals surface area contributed by atoms with E-state index in [1.54, 1.807) is 0 Å². The van der Waals surface area contributed by atoms with E-state index in [1.807, 2.05) is 0 Å². The molecule has 0 saturated carbocycles. The molecule has 0 amide bonds. The van der Waals surface area contributed by atoms with Crippen LogP contribution in [0.3, 0.4) is 0 Å². The van der Waals surface area contributed by atoms with Gasteiger partial charge in [-0.05, 0) is 53.4 Å². The smallest absolute Gasteiger partial charge is 0.187 e. The van der Waals surface area contributed by atoms with Crippen molar-refractivity contribution in [3.63, 3.8) is 0 Å². The second-order valence-electron chi connectivity index (χ2n) is 8.26. The van der Waals surface area contributed by atoms with Crippen molar-refractivity contribution < 1.29 is 14.2 Å². The molecule has 0 spiro atoms. The van der Waals surface area contributed by atoms with Crippen molar-refractivity contribution in [1.29, 1.82) is 0 Å². The van der Waals surface area contributed by atoms with Gasteiger partial charge in [0, 0.05) is 12.5 Å². The fourth-order valence-corrected chi connectivity index (χ4v) is 2.65. The third-order valence-corrected chi connectivity index (χ3v) is 4.72. The van der Waals surface area contributed by atoms with Gasteiger partial charge in [-0.1, -0.05) is 41.0 Å². The van der Waals surface area contributed by atoms with E-state index in [4.69, 9.17) is 19.2 Å². The van der Waals surface area contributed by atoms with Crippen LogP contribution >= 0.6 is 0 Å². The van der Waals surface area contributed by atoms with Gasteiger partial charge < -0.3 is 14.2 Å². The van der Waals surface area contributed by atoms with E-state index in [2.05, 4.69) is 62.3 Å². The van der Waals surface area contributed by atoms with Crippen LogP contribution < -0.4 is 0 Å². The highest BCUT2D eigenvalue weighted by molar-refractivity contribution is 5.80. The molecule has 0 N–H and O–H groups in total. The summed E-state index contributed by atoms with van der Waals surface area (Å²) < 4.78 is 17.8. The first-order valence-corrected chi connectivity index (χ1v) is 10.7. The predicted octanol–water partition coefficient (Wildman–Crippen LogP) is 6.03. The molecule has 4 nitrogen and oxygen atoms in total. The summed E-state index contributed by atoms with van der Waals surface area (Å²) in [4.78, 5) is 4.93. The maximum absolute atomic E-state index is 6.22. The van der Waals surface area contributed by atoms with Gasteiger partial charge in [0.15, 0.2) is 5.90 Å². The van der Waals surface area contributed by atoms with Gasteiger partial charge in [-0.25, -0.2) is 4.99 Å². The van der Waals surface area contributed by atoms with Gasteiger partial charge in [0.25, 0.3) is 0 Å². The SMILES string of the molecule is CCC.CCC(CC)C1=NC(CC)(COC(C)(C)CCOC(C)C)CO1. The van der Waals surface area contributed by atoms with Crippen molar-refractivity contribution in [2.24, 2.45) is 10.9 Å². The normalized spacial score (nSPS) is 20.0. The Labute approximate surface area is 163 Å². The second-order valence-corrected chi connectivity index (χ2v) is 8.26. The first-order chi connectivity index (χ1) is 12.2. The molecule has 0 radical (unpaired) electrons. The van der Waals surface area contributed by atoms with Crippen molar-refractivity contribution >= 4 is 5.90 Å². The van der Waals surface area contributed by atoms with Crippen LogP contribution in [0.15, 0.2) is 4.99 Å². The molecule has 156 valence electrons. The largest absolute Gasteiger partial charge is 0.478 e. The third kappa shape index (κ3) is 9.36. The van der Waals surface area contributed by atoms with Gasteiger partial charge in [-0.15, -0.1) is 0 Å². The second kappa shape index (κ2) is 12.7. The summed E-state index contributed by atoms with van der Waals surface area (Å²) in [6.07, 6.45) is 5.50. The summed E-state index contributed by atoms with van der Waals surface area (Å²) >= 11 is 0. The Balaban J connectivity index is 0.00000194. The Morgan fingerprint density at radius 3 is 2.15 bits per heavy atom. The number of aliphatic imine (C=N–C) groups is 1. The van der Waals surface area contributed by atoms with Gasteiger partial charge in [-0.3, -0.25) is 0 Å². The van der Waals surface area contributed by atoms with Crippen molar-refractivity contribution in [2.75, 3.05) is 19.8 Å². The first-order valence-electron chi connectivity index (χ1n) is 10.7. The fourth-order valence-electron chi connectivity index (χ4n) is 2.65. The van der Waals surface area contributed by atoms with Crippen LogP contribution in [0, 0.1) is 5.92 Å². The topological polar surface area (TPSA) is 40.0 Å². The minimum Gasteiger partial charge on any atom is -0.478 e. The highest BCUT2D eigenvalue weighted by atomic mass is 16.5. The van der Waals surface area contributed by atoms with Gasteiger partial charge in [0.2, 0.25) is 0 Å². The maximum atomic E-state index is 6.22. The summed E-state index contributed by atoms with van der Waals surface area (Å²) in [5.74, 6) is 1.37. The predicted molar refractivity (Wildman–Crippen MR) is 112 cm³/mol. The van der Waals surface area contributed by atoms with Crippen LogP contribution in [0.4, 0.5) is 0 Å². The van der Waals surface area contributed by atoms with Gasteiger partial charge in [0.1, 0.15) is 12.1 Å². The minimum atomic E-state index is -0.214. The van der Waals surface area contributed by atoms with E-state index < -0.39 is 0 Å². The summed E-state index contributed by atoms with van der Waals surface area (Å²) in [6.45, 7) is 21.2. The highest BCUT2D eigenvalue weighted by Crippen LogP contribution is 2.29. The molecule has 26 heavy (non-hydrogen) atoms. The van der Waals surface area contributed by atoms with Gasteiger partial charge in [0.05, 0.1) is 18.3 Å². The molecule has 0 aliphatic carbocycles. The standard InChI is InChI=1S/C19H37NO3.C3H8/c1-8-16(9-2)17-20-19(10-3,13-22-17)14-23-18(6,7)11-12-21-15(4)5;1-3-2/h15-16H,8-14H2,1-7H3;3H2,1-2H3. The van der Waals surface area contributed by atoms with Crippen molar-refractivity contribution in [2.45, 2.75) is 112 Å². The quantitative estimate of drug-likeness (QED) is 0.445. The van der Waals surface area contributed by atoms with Gasteiger partial charge in [-0.2, -0.15) is 0 Å². The van der Waals surface area contributed by atoms with Crippen LogP contribution in [-0.2, 0) is 14.2 Å². The Morgan fingerprint density at radius 2 is 1.69 bits per heavy atom. The molecule has 4 heteroatoms. The Kier molecular flexibility index (Phi) is 12.4. The number of hydrogen-bond acceptors (Lipinski definition) is 4. The molecular formula is C22H45NO3. The summed E-state index contributed by atoms with van der Waals surface area (Å²) in [5.41, 5.74) is -0.418. The number of rotatable bonds is 11. The summed E-state index contributed by atoms with van der Waals surface area (Å²) in [5, 5.41) is 0. The molecule has 1 rings (SSSR count). The number of hydrogen-bond donors (Lipinski definition) is 0. The number of ether oxygens (including phenoxy) is 3. The zero-order valence-corrected chi connectivity index (χ0v) is 19.0. The highest BCUT2D eigenvalue weighted by Gasteiger charge is 2.38. The molecule has 0 aromatic heterocycles. The maximum Gasteiger partial charge on any atom is 0.187 e. The van der Waals surface area contributed by atoms with Crippen LogP contribution in [0.2, 0.25) is 0 Å². The summed E-state index contributed by atoms with van der Waals surface area (Å²) in [6, 6.07) is 0. The lowest BCUT2D eigenvalue weighted by Crippen LogP contribution is -2.39. The molecule has 0 aromatic rings. The van der Waals surface area contributed by atoms with Crippen molar-refractivity contribution in [3.05, 3.63) is 0 Å². The Morgan fingerprint density at radius 1 is 1.12 bits per heavy atom. The van der Waals surface area contributed by atoms with Crippen LogP contribution in [-0.4, -0.2) is 43.0 Å². The van der Waals surface area contributed by atoms with Crippen LogP contribution in [0.25, 0.3) is 0 Å². The van der Waals surface area contributed by atoms with Crippen LogP contribution in [0.1, 0.15) is 94.4 Å². The molecule has 0 aromatic carbocycles. The molecule has 1 atom stereocenters. The van der Waals surface area contributed by atoms with E-state index in [0.717, 1.165) is 38.2 Å². The average Bonchev–Trinajstić information content (AvgIpc) is 3.00. The lowest BCUT2D eigenvalue weighted by molar-refractivity contribution is -0.0672. The van der Waals surface area contributed by atoms with Crippen LogP contribution in [0.5, 0.6) is 0 Å². The van der Waals surface area contributed by atoms with E-state index in [1.165, 1.54) is 6.42 Å². The zero-order valence-electron chi connectivity index (χ0n) is 19.0.